The van der Waals surface area contributed by atoms with E-state index in [0.717, 1.165) is 0 Å². The Morgan fingerprint density at radius 2 is 1.86 bits per heavy atom. The summed E-state index contributed by atoms with van der Waals surface area (Å²) in [7, 11) is 1.74. The van der Waals surface area contributed by atoms with Gasteiger partial charge in [0.2, 0.25) is 0 Å². The Bertz CT molecular complexity index is 642. The van der Waals surface area contributed by atoms with Crippen LogP contribution in [0.4, 0.5) is 8.78 Å². The van der Waals surface area contributed by atoms with Gasteiger partial charge in [-0.1, -0.05) is 30.3 Å². The number of nitrogens with zero attached hydrogens (tertiary/aromatic N) is 1. The lowest BCUT2D eigenvalue weighted by Crippen LogP contribution is -2.29. The molecule has 0 radical (unpaired) electrons. The largest absolute Gasteiger partial charge is 0.293 e. The van der Waals surface area contributed by atoms with E-state index in [0.29, 0.717) is 11.1 Å². The maximum atomic E-state index is 13.8. The first kappa shape index (κ1) is 15.3. The monoisotopic (exact) mass is 289 g/mol. The molecule has 0 saturated carbocycles. The van der Waals surface area contributed by atoms with Crippen molar-refractivity contribution in [3.8, 4) is 0 Å². The second kappa shape index (κ2) is 6.59. The van der Waals surface area contributed by atoms with Crippen LogP contribution in [0, 0.1) is 11.6 Å². The van der Waals surface area contributed by atoms with Gasteiger partial charge in [0.1, 0.15) is 11.6 Å². The minimum atomic E-state index is -0.439. The van der Waals surface area contributed by atoms with Gasteiger partial charge in [0, 0.05) is 17.2 Å². The van der Waals surface area contributed by atoms with E-state index in [4.69, 9.17) is 0 Å². The smallest absolute Gasteiger partial charge is 0.176 e. The van der Waals surface area contributed by atoms with E-state index in [-0.39, 0.29) is 24.2 Å². The van der Waals surface area contributed by atoms with E-state index >= 15 is 0 Å². The molecule has 0 N–H and O–H groups in total. The van der Waals surface area contributed by atoms with Gasteiger partial charge >= 0.3 is 0 Å². The molecule has 0 fully saturated rings. The number of carbonyl (C=O) groups excluding carboxylic acids is 1. The predicted octanol–water partition coefficient (Wildman–Crippen LogP) is 3.84. The van der Waals surface area contributed by atoms with Gasteiger partial charge in [-0.2, -0.15) is 0 Å². The van der Waals surface area contributed by atoms with E-state index in [1.165, 1.54) is 24.3 Å². The summed E-state index contributed by atoms with van der Waals surface area (Å²) in [5, 5.41) is 0. The molecule has 2 aromatic rings. The second-order valence-electron chi connectivity index (χ2n) is 5.05. The zero-order chi connectivity index (χ0) is 15.4. The molecule has 0 aliphatic heterocycles. The van der Waals surface area contributed by atoms with Crippen LogP contribution in [0.5, 0.6) is 0 Å². The standard InChI is InChI=1S/C17H17F2NO/c1-12(15-8-3-4-9-16(15)19)20(2)11-17(21)13-6-5-7-14(18)10-13/h3-10,12H,11H2,1-2H3. The molecule has 0 bridgehead atoms. The Morgan fingerprint density at radius 1 is 1.14 bits per heavy atom. The molecule has 21 heavy (non-hydrogen) atoms. The maximum absolute atomic E-state index is 13.8. The van der Waals surface area contributed by atoms with Crippen molar-refractivity contribution in [1.29, 1.82) is 0 Å². The molecule has 2 aromatic carbocycles. The van der Waals surface area contributed by atoms with Crippen LogP contribution in [0.25, 0.3) is 0 Å². The third-order valence-corrected chi connectivity index (χ3v) is 3.56. The highest BCUT2D eigenvalue weighted by molar-refractivity contribution is 5.97. The molecule has 4 heteroatoms. The Labute approximate surface area is 123 Å². The molecule has 0 amide bonds. The minimum absolute atomic E-state index is 0.0962. The molecule has 0 heterocycles. The quantitative estimate of drug-likeness (QED) is 0.779. The lowest BCUT2D eigenvalue weighted by molar-refractivity contribution is 0.0923. The summed E-state index contributed by atoms with van der Waals surface area (Å²) in [5.74, 6) is -0.930. The van der Waals surface area contributed by atoms with Gasteiger partial charge in [-0.15, -0.1) is 0 Å². The number of Topliss-reactive ketones (excluding diaryl/α,β-unsaturated/α-hetero) is 1. The average molecular weight is 289 g/mol. The Balaban J connectivity index is 2.09. The molecule has 1 atom stereocenters. The molecular weight excluding hydrogens is 272 g/mol. The summed E-state index contributed by atoms with van der Waals surface area (Å²) in [5.41, 5.74) is 0.856. The van der Waals surface area contributed by atoms with Gasteiger partial charge < -0.3 is 0 Å². The van der Waals surface area contributed by atoms with Crippen LogP contribution in [0.15, 0.2) is 48.5 Å². The van der Waals surface area contributed by atoms with Gasteiger partial charge in [0.25, 0.3) is 0 Å². The van der Waals surface area contributed by atoms with Crippen LogP contribution in [-0.2, 0) is 0 Å². The van der Waals surface area contributed by atoms with Crippen LogP contribution < -0.4 is 0 Å². The molecule has 0 aromatic heterocycles. The number of hydrogen-bond donors (Lipinski definition) is 0. The molecule has 2 nitrogen and oxygen atoms in total. The molecule has 110 valence electrons. The van der Waals surface area contributed by atoms with E-state index in [2.05, 4.69) is 0 Å². The van der Waals surface area contributed by atoms with Crippen molar-refractivity contribution in [3.63, 3.8) is 0 Å². The zero-order valence-electron chi connectivity index (χ0n) is 12.0. The summed E-state index contributed by atoms with van der Waals surface area (Å²) in [4.78, 5) is 13.9. The van der Waals surface area contributed by atoms with Crippen molar-refractivity contribution >= 4 is 5.78 Å². The van der Waals surface area contributed by atoms with Gasteiger partial charge in [-0.3, -0.25) is 9.69 Å². The summed E-state index contributed by atoms with van der Waals surface area (Å²) in [6.07, 6.45) is 0. The summed E-state index contributed by atoms with van der Waals surface area (Å²) >= 11 is 0. The van der Waals surface area contributed by atoms with Crippen molar-refractivity contribution in [1.82, 2.24) is 4.90 Å². The van der Waals surface area contributed by atoms with Crippen molar-refractivity contribution in [2.75, 3.05) is 13.6 Å². The first-order chi connectivity index (χ1) is 9.99. The molecule has 0 aliphatic rings. The van der Waals surface area contributed by atoms with Crippen molar-refractivity contribution < 1.29 is 13.6 Å². The molecule has 1 unspecified atom stereocenters. The summed E-state index contributed by atoms with van der Waals surface area (Å²) in [6, 6.07) is 11.8. The first-order valence-electron chi connectivity index (χ1n) is 6.72. The van der Waals surface area contributed by atoms with Gasteiger partial charge in [0.05, 0.1) is 6.54 Å². The fourth-order valence-corrected chi connectivity index (χ4v) is 2.17. The van der Waals surface area contributed by atoms with Crippen molar-refractivity contribution in [2.24, 2.45) is 0 Å². The van der Waals surface area contributed by atoms with Gasteiger partial charge in [-0.25, -0.2) is 8.78 Å². The van der Waals surface area contributed by atoms with Gasteiger partial charge in [-0.05, 0) is 32.2 Å². The number of likely N-dealkylation sites (N-methyl/N-ethyl adjacent to an activating group) is 1. The lowest BCUT2D eigenvalue weighted by atomic mass is 10.1. The normalized spacial score (nSPS) is 12.4. The number of carbonyl (C=O) groups is 1. The highest BCUT2D eigenvalue weighted by Crippen LogP contribution is 2.21. The Morgan fingerprint density at radius 3 is 2.52 bits per heavy atom. The van der Waals surface area contributed by atoms with Crippen molar-refractivity contribution in [2.45, 2.75) is 13.0 Å². The number of hydrogen-bond acceptors (Lipinski definition) is 2. The van der Waals surface area contributed by atoms with Crippen LogP contribution in [0.3, 0.4) is 0 Å². The Kier molecular flexibility index (Phi) is 4.81. The lowest BCUT2D eigenvalue weighted by Gasteiger charge is -2.24. The second-order valence-corrected chi connectivity index (χ2v) is 5.05. The number of benzene rings is 2. The van der Waals surface area contributed by atoms with E-state index in [1.54, 1.807) is 36.2 Å². The third kappa shape index (κ3) is 3.73. The average Bonchev–Trinajstić information content (AvgIpc) is 2.47. The molecule has 0 spiro atoms. The molecule has 0 aliphatic carbocycles. The number of rotatable bonds is 5. The zero-order valence-corrected chi connectivity index (χ0v) is 12.0. The first-order valence-corrected chi connectivity index (χ1v) is 6.72. The topological polar surface area (TPSA) is 20.3 Å². The fraction of sp³-hybridized carbons (Fsp3) is 0.235. The van der Waals surface area contributed by atoms with E-state index in [9.17, 15) is 13.6 Å². The predicted molar refractivity (Wildman–Crippen MR) is 78.2 cm³/mol. The molecule has 0 saturated heterocycles. The third-order valence-electron chi connectivity index (χ3n) is 3.56. The molecule has 2 rings (SSSR count). The highest BCUT2D eigenvalue weighted by Gasteiger charge is 2.18. The number of halogens is 2. The van der Waals surface area contributed by atoms with Crippen LogP contribution in [0.2, 0.25) is 0 Å². The van der Waals surface area contributed by atoms with Crippen LogP contribution in [0.1, 0.15) is 28.9 Å². The highest BCUT2D eigenvalue weighted by atomic mass is 19.1. The number of ketones is 1. The van der Waals surface area contributed by atoms with Gasteiger partial charge in [0.15, 0.2) is 5.78 Å². The maximum Gasteiger partial charge on any atom is 0.176 e. The molecular formula is C17H17F2NO. The summed E-state index contributed by atoms with van der Waals surface area (Å²) < 4.78 is 26.9. The van der Waals surface area contributed by atoms with Crippen LogP contribution >= 0.6 is 0 Å². The van der Waals surface area contributed by atoms with Crippen LogP contribution in [-0.4, -0.2) is 24.3 Å². The van der Waals surface area contributed by atoms with E-state index < -0.39 is 5.82 Å². The SMILES string of the molecule is CC(c1ccccc1F)N(C)CC(=O)c1cccc(F)c1. The minimum Gasteiger partial charge on any atom is -0.293 e. The van der Waals surface area contributed by atoms with Crippen molar-refractivity contribution in [3.05, 3.63) is 71.3 Å². The Hall–Kier alpha value is -2.07. The summed E-state index contributed by atoms with van der Waals surface area (Å²) in [6.45, 7) is 1.93. The van der Waals surface area contributed by atoms with E-state index in [1.807, 2.05) is 6.92 Å². The fourth-order valence-electron chi connectivity index (χ4n) is 2.17.